The number of hydrogen-bond donors (Lipinski definition) is 1. The summed E-state index contributed by atoms with van der Waals surface area (Å²) in [6.07, 6.45) is 0.0526. The normalized spacial score (nSPS) is 22.7. The van der Waals surface area contributed by atoms with Gasteiger partial charge in [-0.1, -0.05) is 11.6 Å². The van der Waals surface area contributed by atoms with Crippen LogP contribution in [0.3, 0.4) is 0 Å². The molecule has 2 heterocycles. The highest BCUT2D eigenvalue weighted by Crippen LogP contribution is 2.20. The van der Waals surface area contributed by atoms with E-state index < -0.39 is 0 Å². The van der Waals surface area contributed by atoms with Gasteiger partial charge in [-0.25, -0.2) is 4.98 Å². The molecule has 1 amide bonds. The van der Waals surface area contributed by atoms with Gasteiger partial charge in [-0.3, -0.25) is 4.79 Å². The van der Waals surface area contributed by atoms with Gasteiger partial charge in [0.2, 0.25) is 0 Å². The summed E-state index contributed by atoms with van der Waals surface area (Å²) in [4.78, 5) is 18.6. The van der Waals surface area contributed by atoms with Crippen LogP contribution in [0.2, 0.25) is 5.02 Å². The summed E-state index contributed by atoms with van der Waals surface area (Å²) < 4.78 is 5.64. The maximum atomic E-state index is 12.6. The standard InChI is InChI=1S/C14H20ClN3O2/c1-4-16-12-6-5-11(15)13(17-12)14(19)18-7-9(2)20-10(3)8-18/h5-6,9-10H,4,7-8H2,1-3H3,(H,16,17). The summed E-state index contributed by atoms with van der Waals surface area (Å²) in [6, 6.07) is 3.47. The molecule has 1 aromatic heterocycles. The van der Waals surface area contributed by atoms with E-state index in [4.69, 9.17) is 16.3 Å². The smallest absolute Gasteiger partial charge is 0.274 e. The van der Waals surface area contributed by atoms with Crippen LogP contribution in [0.25, 0.3) is 0 Å². The predicted molar refractivity (Wildman–Crippen MR) is 79.3 cm³/mol. The Labute approximate surface area is 124 Å². The van der Waals surface area contributed by atoms with E-state index >= 15 is 0 Å². The Morgan fingerprint density at radius 2 is 2.10 bits per heavy atom. The molecule has 0 bridgehead atoms. The van der Waals surface area contributed by atoms with Crippen molar-refractivity contribution in [1.82, 2.24) is 9.88 Å². The highest BCUT2D eigenvalue weighted by atomic mass is 35.5. The third kappa shape index (κ3) is 3.41. The fraction of sp³-hybridized carbons (Fsp3) is 0.571. The number of amides is 1. The van der Waals surface area contributed by atoms with Crippen molar-refractivity contribution in [2.75, 3.05) is 25.0 Å². The van der Waals surface area contributed by atoms with E-state index in [9.17, 15) is 4.79 Å². The van der Waals surface area contributed by atoms with Crippen LogP contribution in [0, 0.1) is 0 Å². The van der Waals surface area contributed by atoms with E-state index in [-0.39, 0.29) is 18.1 Å². The molecule has 2 unspecified atom stereocenters. The van der Waals surface area contributed by atoms with Crippen molar-refractivity contribution in [3.63, 3.8) is 0 Å². The number of carbonyl (C=O) groups excluding carboxylic acids is 1. The van der Waals surface area contributed by atoms with Crippen molar-refractivity contribution in [2.45, 2.75) is 33.0 Å². The topological polar surface area (TPSA) is 54.5 Å². The highest BCUT2D eigenvalue weighted by molar-refractivity contribution is 6.33. The summed E-state index contributed by atoms with van der Waals surface area (Å²) in [5, 5.41) is 3.46. The molecule has 0 aromatic carbocycles. The molecule has 1 aromatic rings. The molecule has 1 N–H and O–H groups in total. The molecule has 6 heteroatoms. The van der Waals surface area contributed by atoms with Gasteiger partial charge in [-0.05, 0) is 32.9 Å². The predicted octanol–water partition coefficient (Wildman–Crippen LogP) is 2.42. The van der Waals surface area contributed by atoms with Crippen LogP contribution in [0.4, 0.5) is 5.82 Å². The number of nitrogens with one attached hydrogen (secondary N) is 1. The van der Waals surface area contributed by atoms with Crippen LogP contribution < -0.4 is 5.32 Å². The lowest BCUT2D eigenvalue weighted by atomic mass is 10.2. The average Bonchev–Trinajstić information content (AvgIpc) is 2.39. The van der Waals surface area contributed by atoms with Crippen molar-refractivity contribution in [2.24, 2.45) is 0 Å². The van der Waals surface area contributed by atoms with Crippen LogP contribution in [0.1, 0.15) is 31.3 Å². The van der Waals surface area contributed by atoms with Gasteiger partial charge in [-0.15, -0.1) is 0 Å². The summed E-state index contributed by atoms with van der Waals surface area (Å²) in [5.41, 5.74) is 0.298. The first-order valence-corrected chi connectivity index (χ1v) is 7.24. The van der Waals surface area contributed by atoms with Gasteiger partial charge in [0.1, 0.15) is 11.5 Å². The zero-order valence-electron chi connectivity index (χ0n) is 12.0. The Bertz CT molecular complexity index is 485. The Balaban J connectivity index is 2.21. The second kappa shape index (κ2) is 6.41. The fourth-order valence-electron chi connectivity index (χ4n) is 2.37. The number of anilines is 1. The Kier molecular flexibility index (Phi) is 4.83. The third-order valence-electron chi connectivity index (χ3n) is 3.11. The van der Waals surface area contributed by atoms with Crippen molar-refractivity contribution in [3.8, 4) is 0 Å². The minimum absolute atomic E-state index is 0.0263. The van der Waals surface area contributed by atoms with E-state index in [0.29, 0.717) is 29.6 Å². The molecular weight excluding hydrogens is 278 g/mol. The molecule has 110 valence electrons. The second-order valence-electron chi connectivity index (χ2n) is 5.02. The molecule has 0 radical (unpaired) electrons. The molecule has 2 rings (SSSR count). The van der Waals surface area contributed by atoms with Crippen LogP contribution in [0.15, 0.2) is 12.1 Å². The van der Waals surface area contributed by atoms with E-state index in [1.165, 1.54) is 0 Å². The third-order valence-corrected chi connectivity index (χ3v) is 3.42. The van der Waals surface area contributed by atoms with Crippen LogP contribution >= 0.6 is 11.6 Å². The zero-order chi connectivity index (χ0) is 14.7. The van der Waals surface area contributed by atoms with Crippen LogP contribution in [0.5, 0.6) is 0 Å². The minimum atomic E-state index is -0.142. The molecule has 0 saturated carbocycles. The lowest BCUT2D eigenvalue weighted by molar-refractivity contribution is -0.0587. The van der Waals surface area contributed by atoms with E-state index in [1.807, 2.05) is 20.8 Å². The van der Waals surface area contributed by atoms with E-state index in [1.54, 1.807) is 17.0 Å². The number of nitrogens with zero attached hydrogens (tertiary/aromatic N) is 2. The summed E-state index contributed by atoms with van der Waals surface area (Å²) in [7, 11) is 0. The number of morpholine rings is 1. The lowest BCUT2D eigenvalue weighted by Crippen LogP contribution is -2.48. The highest BCUT2D eigenvalue weighted by Gasteiger charge is 2.28. The maximum Gasteiger partial charge on any atom is 0.274 e. The molecule has 1 aliphatic heterocycles. The van der Waals surface area contributed by atoms with E-state index in [0.717, 1.165) is 6.54 Å². The van der Waals surface area contributed by atoms with Gasteiger partial charge >= 0.3 is 0 Å². The van der Waals surface area contributed by atoms with Gasteiger partial charge in [0.25, 0.3) is 5.91 Å². The molecule has 0 aliphatic carbocycles. The van der Waals surface area contributed by atoms with Crippen LogP contribution in [-0.4, -0.2) is 47.6 Å². The first-order valence-electron chi connectivity index (χ1n) is 6.86. The van der Waals surface area contributed by atoms with Gasteiger partial charge in [-0.2, -0.15) is 0 Å². The number of carbonyl (C=O) groups is 1. The monoisotopic (exact) mass is 297 g/mol. The number of ether oxygens (including phenoxy) is 1. The van der Waals surface area contributed by atoms with E-state index in [2.05, 4.69) is 10.3 Å². The number of rotatable bonds is 3. The maximum absolute atomic E-state index is 12.6. The quantitative estimate of drug-likeness (QED) is 0.931. The number of pyridine rings is 1. The molecule has 2 atom stereocenters. The van der Waals surface area contributed by atoms with Gasteiger partial charge in [0.05, 0.1) is 17.2 Å². The molecule has 1 aliphatic rings. The Morgan fingerprint density at radius 3 is 2.70 bits per heavy atom. The minimum Gasteiger partial charge on any atom is -0.372 e. The summed E-state index contributed by atoms with van der Waals surface area (Å²) in [5.74, 6) is 0.520. The number of aromatic nitrogens is 1. The SMILES string of the molecule is CCNc1ccc(Cl)c(C(=O)N2CC(C)OC(C)C2)n1. The Hall–Kier alpha value is -1.33. The van der Waals surface area contributed by atoms with Crippen molar-refractivity contribution in [1.29, 1.82) is 0 Å². The van der Waals surface area contributed by atoms with Gasteiger partial charge < -0.3 is 15.0 Å². The molecule has 1 saturated heterocycles. The van der Waals surface area contributed by atoms with Crippen molar-refractivity contribution in [3.05, 3.63) is 22.8 Å². The molecule has 20 heavy (non-hydrogen) atoms. The zero-order valence-corrected chi connectivity index (χ0v) is 12.8. The largest absolute Gasteiger partial charge is 0.372 e. The van der Waals surface area contributed by atoms with Crippen molar-refractivity contribution < 1.29 is 9.53 Å². The second-order valence-corrected chi connectivity index (χ2v) is 5.43. The Morgan fingerprint density at radius 1 is 1.45 bits per heavy atom. The average molecular weight is 298 g/mol. The fourth-order valence-corrected chi connectivity index (χ4v) is 2.55. The van der Waals surface area contributed by atoms with Crippen LogP contribution in [-0.2, 0) is 4.74 Å². The van der Waals surface area contributed by atoms with Gasteiger partial charge in [0, 0.05) is 19.6 Å². The molecule has 1 fully saturated rings. The number of halogens is 1. The van der Waals surface area contributed by atoms with Crippen molar-refractivity contribution >= 4 is 23.3 Å². The van der Waals surface area contributed by atoms with Gasteiger partial charge in [0.15, 0.2) is 0 Å². The lowest BCUT2D eigenvalue weighted by Gasteiger charge is -2.35. The summed E-state index contributed by atoms with van der Waals surface area (Å²) >= 11 is 6.11. The molecular formula is C14H20ClN3O2. The molecule has 0 spiro atoms. The molecule has 5 nitrogen and oxygen atoms in total. The number of hydrogen-bond acceptors (Lipinski definition) is 4. The first-order chi connectivity index (χ1) is 9.51. The first kappa shape index (κ1) is 15.1. The summed E-state index contributed by atoms with van der Waals surface area (Å²) in [6.45, 7) is 7.76.